The maximum atomic E-state index is 12.1. The van der Waals surface area contributed by atoms with Gasteiger partial charge in [0.2, 0.25) is 5.91 Å². The Kier molecular flexibility index (Phi) is 10.5. The van der Waals surface area contributed by atoms with E-state index < -0.39 is 0 Å². The summed E-state index contributed by atoms with van der Waals surface area (Å²) in [7, 11) is 0. The van der Waals surface area contributed by atoms with Crippen molar-refractivity contribution in [2.75, 3.05) is 18.4 Å². The van der Waals surface area contributed by atoms with E-state index in [0.29, 0.717) is 19.0 Å². The molecule has 1 aromatic carbocycles. The number of aromatic nitrogens is 1. The Morgan fingerprint density at radius 1 is 1.11 bits per heavy atom. The first kappa shape index (κ1) is 22.9. The van der Waals surface area contributed by atoms with Crippen molar-refractivity contribution in [3.63, 3.8) is 0 Å². The number of hydrogen-bond donors (Lipinski definition) is 3. The van der Waals surface area contributed by atoms with Crippen molar-refractivity contribution < 1.29 is 9.32 Å². The van der Waals surface area contributed by atoms with E-state index in [0.717, 1.165) is 35.5 Å². The number of anilines is 1. The molecule has 1 amide bonds. The summed E-state index contributed by atoms with van der Waals surface area (Å²) in [6.45, 7) is 7.36. The van der Waals surface area contributed by atoms with Crippen LogP contribution in [0.5, 0.6) is 0 Å². The number of guanidine groups is 1. The van der Waals surface area contributed by atoms with E-state index in [2.05, 4.69) is 26.1 Å². The number of aliphatic imine (C=N–C) groups is 1. The van der Waals surface area contributed by atoms with Crippen LogP contribution in [0.3, 0.4) is 0 Å². The van der Waals surface area contributed by atoms with Crippen LogP contribution in [0.1, 0.15) is 37.8 Å². The van der Waals surface area contributed by atoms with Gasteiger partial charge in [-0.1, -0.05) is 37.2 Å². The monoisotopic (exact) mass is 485 g/mol. The largest absolute Gasteiger partial charge is 0.361 e. The van der Waals surface area contributed by atoms with Gasteiger partial charge in [-0.05, 0) is 25.5 Å². The topological polar surface area (TPSA) is 91.6 Å². The van der Waals surface area contributed by atoms with E-state index in [4.69, 9.17) is 4.52 Å². The Morgan fingerprint density at radius 2 is 1.85 bits per heavy atom. The van der Waals surface area contributed by atoms with Gasteiger partial charge in [-0.15, -0.1) is 24.0 Å². The number of carbonyl (C=O) groups excluding carboxylic acids is 1. The van der Waals surface area contributed by atoms with Gasteiger partial charge < -0.3 is 20.5 Å². The summed E-state index contributed by atoms with van der Waals surface area (Å²) in [6.07, 6.45) is 1.58. The Bertz CT molecular complexity index is 709. The molecule has 0 bridgehead atoms. The lowest BCUT2D eigenvalue weighted by Crippen LogP contribution is -2.41. The molecule has 0 unspecified atom stereocenters. The minimum atomic E-state index is -0.129. The summed E-state index contributed by atoms with van der Waals surface area (Å²) in [5, 5.41) is 13.1. The predicted molar refractivity (Wildman–Crippen MR) is 119 cm³/mol. The van der Waals surface area contributed by atoms with Gasteiger partial charge in [0.05, 0.1) is 18.8 Å². The Morgan fingerprint density at radius 3 is 2.48 bits per heavy atom. The van der Waals surface area contributed by atoms with Crippen LogP contribution in [0.2, 0.25) is 0 Å². The van der Waals surface area contributed by atoms with Crippen LogP contribution in [0, 0.1) is 0 Å². The zero-order valence-corrected chi connectivity index (χ0v) is 18.4. The second-order valence-corrected chi connectivity index (χ2v) is 5.70. The number of benzene rings is 1. The summed E-state index contributed by atoms with van der Waals surface area (Å²) >= 11 is 0. The van der Waals surface area contributed by atoms with E-state index in [1.165, 1.54) is 0 Å². The average Bonchev–Trinajstić information content (AvgIpc) is 3.06. The molecule has 0 aliphatic heterocycles. The first-order chi connectivity index (χ1) is 12.7. The first-order valence-corrected chi connectivity index (χ1v) is 9.01. The van der Waals surface area contributed by atoms with Crippen LogP contribution in [0.15, 0.2) is 39.8 Å². The zero-order chi connectivity index (χ0) is 18.8. The number of amides is 1. The molecule has 0 spiro atoms. The van der Waals surface area contributed by atoms with Crippen molar-refractivity contribution >= 4 is 41.5 Å². The van der Waals surface area contributed by atoms with Gasteiger partial charge in [0.1, 0.15) is 5.76 Å². The van der Waals surface area contributed by atoms with E-state index in [1.807, 2.05) is 51.1 Å². The minimum Gasteiger partial charge on any atom is -0.361 e. The molecule has 148 valence electrons. The summed E-state index contributed by atoms with van der Waals surface area (Å²) in [5.41, 5.74) is 2.73. The molecule has 0 atom stereocenters. The molecule has 0 aliphatic carbocycles. The van der Waals surface area contributed by atoms with E-state index in [9.17, 15) is 4.79 Å². The van der Waals surface area contributed by atoms with Crippen LogP contribution in [0.25, 0.3) is 0 Å². The molecule has 2 aromatic rings. The van der Waals surface area contributed by atoms with Crippen molar-refractivity contribution in [1.29, 1.82) is 0 Å². The number of para-hydroxylation sites is 1. The number of halogens is 1. The standard InChI is InChI=1S/C19H27N5O2.HI/c1-4-16-15(17(5-2)26-24-16)12-21-19(20-6-3)22-13-18(25)23-14-10-8-7-9-11-14;/h7-11H,4-6,12-13H2,1-3H3,(H,23,25)(H2,20,21,22);1H. The van der Waals surface area contributed by atoms with Gasteiger partial charge in [-0.25, -0.2) is 4.99 Å². The maximum absolute atomic E-state index is 12.1. The van der Waals surface area contributed by atoms with Crippen LogP contribution < -0.4 is 16.0 Å². The predicted octanol–water partition coefficient (Wildman–Crippen LogP) is 3.11. The van der Waals surface area contributed by atoms with Gasteiger partial charge >= 0.3 is 0 Å². The van der Waals surface area contributed by atoms with Gasteiger partial charge in [0.15, 0.2) is 5.96 Å². The normalized spacial score (nSPS) is 10.9. The molecule has 0 saturated heterocycles. The molecular weight excluding hydrogens is 457 g/mol. The summed E-state index contributed by atoms with van der Waals surface area (Å²) < 4.78 is 5.37. The van der Waals surface area contributed by atoms with Gasteiger partial charge in [0.25, 0.3) is 0 Å². The molecule has 1 heterocycles. The number of rotatable bonds is 8. The molecule has 0 saturated carbocycles. The van der Waals surface area contributed by atoms with Gasteiger partial charge in [-0.3, -0.25) is 4.79 Å². The first-order valence-electron chi connectivity index (χ1n) is 9.01. The second kappa shape index (κ2) is 12.3. The lowest BCUT2D eigenvalue weighted by molar-refractivity contribution is -0.115. The smallest absolute Gasteiger partial charge is 0.243 e. The van der Waals surface area contributed by atoms with Crippen molar-refractivity contribution in [1.82, 2.24) is 15.8 Å². The van der Waals surface area contributed by atoms with Crippen LogP contribution >= 0.6 is 24.0 Å². The summed E-state index contributed by atoms with van der Waals surface area (Å²) in [4.78, 5) is 16.6. The number of aryl methyl sites for hydroxylation is 2. The molecule has 27 heavy (non-hydrogen) atoms. The number of hydrogen-bond acceptors (Lipinski definition) is 4. The number of carbonyl (C=O) groups is 1. The number of nitrogens with zero attached hydrogens (tertiary/aromatic N) is 2. The van der Waals surface area contributed by atoms with Crippen LogP contribution in [0.4, 0.5) is 5.69 Å². The van der Waals surface area contributed by atoms with E-state index in [1.54, 1.807) is 0 Å². The second-order valence-electron chi connectivity index (χ2n) is 5.70. The van der Waals surface area contributed by atoms with Crippen molar-refractivity contribution in [2.24, 2.45) is 4.99 Å². The molecule has 0 radical (unpaired) electrons. The molecule has 2 rings (SSSR count). The molecule has 0 aliphatic rings. The fourth-order valence-electron chi connectivity index (χ4n) is 2.51. The fourth-order valence-corrected chi connectivity index (χ4v) is 2.51. The molecule has 3 N–H and O–H groups in total. The third-order valence-corrected chi connectivity index (χ3v) is 3.82. The molecular formula is C19H28IN5O2. The fraction of sp³-hybridized carbons (Fsp3) is 0.421. The highest BCUT2D eigenvalue weighted by Gasteiger charge is 2.13. The lowest BCUT2D eigenvalue weighted by atomic mass is 10.1. The Hall–Kier alpha value is -2.10. The summed E-state index contributed by atoms with van der Waals surface area (Å²) in [6, 6.07) is 9.36. The highest BCUT2D eigenvalue weighted by atomic mass is 127. The molecule has 8 heteroatoms. The third kappa shape index (κ3) is 7.20. The van der Waals surface area contributed by atoms with Crippen LogP contribution in [-0.4, -0.2) is 30.1 Å². The van der Waals surface area contributed by atoms with Gasteiger partial charge in [-0.2, -0.15) is 0 Å². The van der Waals surface area contributed by atoms with E-state index in [-0.39, 0.29) is 36.4 Å². The molecule has 7 nitrogen and oxygen atoms in total. The highest BCUT2D eigenvalue weighted by molar-refractivity contribution is 14.0. The Balaban J connectivity index is 0.00000364. The quantitative estimate of drug-likeness (QED) is 0.304. The van der Waals surface area contributed by atoms with Crippen molar-refractivity contribution in [3.05, 3.63) is 47.3 Å². The maximum Gasteiger partial charge on any atom is 0.243 e. The zero-order valence-electron chi connectivity index (χ0n) is 16.0. The number of nitrogens with one attached hydrogen (secondary N) is 3. The summed E-state index contributed by atoms with van der Waals surface area (Å²) in [5.74, 6) is 1.32. The minimum absolute atomic E-state index is 0. The highest BCUT2D eigenvalue weighted by Crippen LogP contribution is 2.16. The molecule has 0 fully saturated rings. The van der Waals surface area contributed by atoms with E-state index >= 15 is 0 Å². The third-order valence-electron chi connectivity index (χ3n) is 3.82. The van der Waals surface area contributed by atoms with Crippen molar-refractivity contribution in [2.45, 2.75) is 40.2 Å². The SMILES string of the molecule is CCNC(=NCc1c(CC)noc1CC)NCC(=O)Nc1ccccc1.I. The van der Waals surface area contributed by atoms with Crippen LogP contribution in [-0.2, 0) is 24.2 Å². The average molecular weight is 485 g/mol. The Labute approximate surface area is 177 Å². The van der Waals surface area contributed by atoms with Crippen molar-refractivity contribution in [3.8, 4) is 0 Å². The lowest BCUT2D eigenvalue weighted by Gasteiger charge is -2.11. The molecule has 1 aromatic heterocycles. The van der Waals surface area contributed by atoms with Gasteiger partial charge in [0, 0.05) is 24.2 Å².